The third-order valence-corrected chi connectivity index (χ3v) is 1.93. The van der Waals surface area contributed by atoms with Gasteiger partial charge in [0.2, 0.25) is 0 Å². The van der Waals surface area contributed by atoms with Crippen molar-refractivity contribution < 1.29 is 68.7 Å². The fourth-order valence-corrected chi connectivity index (χ4v) is 1.11. The number of hydrogen-bond donors (Lipinski definition) is 0. The van der Waals surface area contributed by atoms with Gasteiger partial charge in [-0.15, -0.1) is 5.46 Å². The third-order valence-electron chi connectivity index (χ3n) is 1.32. The molecule has 0 unspecified atom stereocenters. The summed E-state index contributed by atoms with van der Waals surface area (Å²) in [6.07, 6.45) is 0. The van der Waals surface area contributed by atoms with E-state index in [0.717, 1.165) is 18.2 Å². The van der Waals surface area contributed by atoms with Crippen molar-refractivity contribution >= 4 is 28.4 Å². The molecule has 0 saturated carbocycles. The van der Waals surface area contributed by atoms with Crippen molar-refractivity contribution in [2.24, 2.45) is 0 Å². The van der Waals surface area contributed by atoms with Crippen LogP contribution >= 0.6 is 15.9 Å². The predicted octanol–water partition coefficient (Wildman–Crippen LogP) is -0.353. The summed E-state index contributed by atoms with van der Waals surface area (Å²) in [6.45, 7) is -5.03. The van der Waals surface area contributed by atoms with Gasteiger partial charge in [-0.1, -0.05) is 12.1 Å². The van der Waals surface area contributed by atoms with Crippen LogP contribution in [-0.4, -0.2) is 6.98 Å². The minimum atomic E-state index is -5.03. The maximum absolute atomic E-state index is 12.5. The van der Waals surface area contributed by atoms with E-state index in [1.807, 2.05) is 0 Å². The second-order valence-electron chi connectivity index (χ2n) is 2.25. The Morgan fingerprint density at radius 3 is 2.08 bits per heavy atom. The Hall–Kier alpha value is 1.12. The summed E-state index contributed by atoms with van der Waals surface area (Å²) in [5.74, 6) is -0.696. The monoisotopic (exact) mass is 280 g/mol. The Balaban J connectivity index is 0.00000144. The Labute approximate surface area is 124 Å². The molecular weight excluding hydrogens is 278 g/mol. The molecular formula is C6H3BBrF4K. The molecule has 7 heteroatoms. The molecule has 0 heterocycles. The molecule has 0 atom stereocenters. The average Bonchev–Trinajstić information content (AvgIpc) is 1.92. The summed E-state index contributed by atoms with van der Waals surface area (Å²) in [5.41, 5.74) is -0.803. The van der Waals surface area contributed by atoms with Gasteiger partial charge in [-0.2, -0.15) is 0 Å². The van der Waals surface area contributed by atoms with Gasteiger partial charge in [0.1, 0.15) is 5.82 Å². The first-order valence-electron chi connectivity index (χ1n) is 3.06. The van der Waals surface area contributed by atoms with Gasteiger partial charge in [0.15, 0.2) is 0 Å². The van der Waals surface area contributed by atoms with E-state index in [-0.39, 0.29) is 55.9 Å². The largest absolute Gasteiger partial charge is 1.00 e. The van der Waals surface area contributed by atoms with E-state index in [0.29, 0.717) is 0 Å². The van der Waals surface area contributed by atoms with Crippen LogP contribution in [0.2, 0.25) is 0 Å². The Kier molecular flexibility index (Phi) is 5.73. The molecule has 0 aliphatic carbocycles. The van der Waals surface area contributed by atoms with Gasteiger partial charge in [0.25, 0.3) is 0 Å². The van der Waals surface area contributed by atoms with Crippen LogP contribution in [0, 0.1) is 5.82 Å². The zero-order valence-electron chi connectivity index (χ0n) is 6.70. The quantitative estimate of drug-likeness (QED) is 0.487. The molecule has 0 amide bonds. The minimum Gasteiger partial charge on any atom is -0.445 e. The first-order valence-corrected chi connectivity index (χ1v) is 3.85. The molecule has 0 bridgehead atoms. The van der Waals surface area contributed by atoms with E-state index in [1.54, 1.807) is 0 Å². The van der Waals surface area contributed by atoms with Crippen LogP contribution in [0.5, 0.6) is 0 Å². The second-order valence-corrected chi connectivity index (χ2v) is 3.10. The van der Waals surface area contributed by atoms with E-state index < -0.39 is 18.3 Å². The number of halogens is 5. The van der Waals surface area contributed by atoms with Crippen LogP contribution < -0.4 is 56.8 Å². The molecule has 0 radical (unpaired) electrons. The van der Waals surface area contributed by atoms with E-state index in [1.165, 1.54) is 0 Å². The summed E-state index contributed by atoms with van der Waals surface area (Å²) in [6, 6.07) is 2.24. The maximum atomic E-state index is 12.5. The third kappa shape index (κ3) is 4.01. The Morgan fingerprint density at radius 2 is 1.69 bits per heavy atom. The normalized spacial score (nSPS) is 10.8. The van der Waals surface area contributed by atoms with Crippen molar-refractivity contribution in [1.29, 1.82) is 0 Å². The van der Waals surface area contributed by atoms with E-state index in [4.69, 9.17) is 0 Å². The van der Waals surface area contributed by atoms with Crippen molar-refractivity contribution in [1.82, 2.24) is 0 Å². The molecule has 0 N–H and O–H groups in total. The van der Waals surface area contributed by atoms with Gasteiger partial charge >= 0.3 is 58.4 Å². The molecule has 1 aromatic carbocycles. The Morgan fingerprint density at radius 1 is 1.15 bits per heavy atom. The molecule has 0 fully saturated rings. The standard InChI is InChI=1S/C6H3BBrF4.K/c8-5-3-4(7(10,11)12)1-2-6(5)9;/h1-3H;/q-1;+1. The molecule has 0 spiro atoms. The molecule has 0 aliphatic heterocycles. The summed E-state index contributed by atoms with van der Waals surface area (Å²) < 4.78 is 48.4. The smallest absolute Gasteiger partial charge is 0.445 e. The van der Waals surface area contributed by atoms with Crippen LogP contribution in [0.1, 0.15) is 0 Å². The molecule has 0 nitrogen and oxygen atoms in total. The van der Waals surface area contributed by atoms with Crippen molar-refractivity contribution in [2.45, 2.75) is 0 Å². The summed E-state index contributed by atoms with van der Waals surface area (Å²) in [5, 5.41) is 0. The minimum absolute atomic E-state index is 0. The molecule has 0 saturated heterocycles. The van der Waals surface area contributed by atoms with E-state index in [2.05, 4.69) is 15.9 Å². The van der Waals surface area contributed by atoms with Crippen molar-refractivity contribution in [3.63, 3.8) is 0 Å². The molecule has 13 heavy (non-hydrogen) atoms. The molecule has 66 valence electrons. The van der Waals surface area contributed by atoms with E-state index in [9.17, 15) is 17.3 Å². The van der Waals surface area contributed by atoms with Gasteiger partial charge in [0, 0.05) is 0 Å². The number of hydrogen-bond acceptors (Lipinski definition) is 0. The SMILES string of the molecule is Fc1ccc([B-](F)(F)F)cc1Br.[K+]. The fourth-order valence-electron chi connectivity index (χ4n) is 0.716. The predicted molar refractivity (Wildman–Crippen MR) is 42.8 cm³/mol. The van der Waals surface area contributed by atoms with Gasteiger partial charge in [-0.3, -0.25) is 0 Å². The van der Waals surface area contributed by atoms with Crippen LogP contribution in [0.25, 0.3) is 0 Å². The number of benzene rings is 1. The fraction of sp³-hybridized carbons (Fsp3) is 0. The van der Waals surface area contributed by atoms with Crippen LogP contribution in [0.4, 0.5) is 17.3 Å². The second kappa shape index (κ2) is 5.27. The topological polar surface area (TPSA) is 0 Å². The summed E-state index contributed by atoms with van der Waals surface area (Å²) in [4.78, 5) is 0. The maximum Gasteiger partial charge on any atom is 1.00 e. The van der Waals surface area contributed by atoms with Crippen LogP contribution in [0.3, 0.4) is 0 Å². The zero-order chi connectivity index (χ0) is 9.35. The van der Waals surface area contributed by atoms with Gasteiger partial charge in [0.05, 0.1) is 4.47 Å². The summed E-state index contributed by atoms with van der Waals surface area (Å²) in [7, 11) is 0. The molecule has 1 rings (SSSR count). The van der Waals surface area contributed by atoms with E-state index >= 15 is 0 Å². The number of rotatable bonds is 1. The molecule has 1 aromatic rings. The van der Waals surface area contributed by atoms with Crippen molar-refractivity contribution in [2.75, 3.05) is 0 Å². The first-order chi connectivity index (χ1) is 5.41. The van der Waals surface area contributed by atoms with Crippen molar-refractivity contribution in [3.8, 4) is 0 Å². The van der Waals surface area contributed by atoms with Crippen LogP contribution in [0.15, 0.2) is 22.7 Å². The summed E-state index contributed by atoms with van der Waals surface area (Å²) >= 11 is 2.67. The van der Waals surface area contributed by atoms with Gasteiger partial charge < -0.3 is 12.9 Å². The van der Waals surface area contributed by atoms with Crippen molar-refractivity contribution in [3.05, 3.63) is 28.5 Å². The van der Waals surface area contributed by atoms with Gasteiger partial charge in [-0.25, -0.2) is 4.39 Å². The first kappa shape index (κ1) is 14.1. The zero-order valence-corrected chi connectivity index (χ0v) is 11.4. The molecule has 0 aliphatic rings. The molecule has 0 aromatic heterocycles. The Bertz CT molecular complexity index is 301. The average molecular weight is 281 g/mol. The van der Waals surface area contributed by atoms with Gasteiger partial charge in [-0.05, 0) is 22.0 Å². The van der Waals surface area contributed by atoms with Crippen LogP contribution in [-0.2, 0) is 0 Å².